The van der Waals surface area contributed by atoms with Gasteiger partial charge in [-0.15, -0.1) is 0 Å². The lowest BCUT2D eigenvalue weighted by molar-refractivity contribution is -0.136. The van der Waals surface area contributed by atoms with Crippen molar-refractivity contribution in [2.45, 2.75) is 12.8 Å². The van der Waals surface area contributed by atoms with Crippen LogP contribution >= 0.6 is 23.2 Å². The van der Waals surface area contributed by atoms with E-state index in [2.05, 4.69) is 6.07 Å². The number of rotatable bonds is 5. The number of hydrogen-bond acceptors (Lipinski definition) is 6. The lowest BCUT2D eigenvalue weighted by atomic mass is 9.83. The van der Waals surface area contributed by atoms with Gasteiger partial charge in [0.25, 0.3) is 0 Å². The molecule has 3 aromatic rings. The fourth-order valence-electron chi connectivity index (χ4n) is 3.54. The molecule has 2 N–H and O–H groups in total. The second-order valence-corrected chi connectivity index (χ2v) is 8.20. The Morgan fingerprint density at radius 2 is 1.91 bits per heavy atom. The fourth-order valence-corrected chi connectivity index (χ4v) is 3.85. The van der Waals surface area contributed by atoms with Crippen LogP contribution in [0.25, 0.3) is 0 Å². The van der Waals surface area contributed by atoms with Gasteiger partial charge in [-0.1, -0.05) is 41.4 Å². The summed E-state index contributed by atoms with van der Waals surface area (Å²) in [5, 5.41) is 10.8. The molecular formula is C25H18Cl2N2O4. The van der Waals surface area contributed by atoms with Crippen LogP contribution in [0.15, 0.2) is 72.1 Å². The van der Waals surface area contributed by atoms with Gasteiger partial charge in [-0.25, -0.2) is 4.79 Å². The minimum absolute atomic E-state index is 0.0140. The van der Waals surface area contributed by atoms with Crippen LogP contribution < -0.4 is 19.9 Å². The molecule has 3 aromatic carbocycles. The molecule has 0 amide bonds. The van der Waals surface area contributed by atoms with Crippen LogP contribution in [-0.2, 0) is 4.79 Å². The van der Waals surface area contributed by atoms with Crippen molar-refractivity contribution in [2.75, 3.05) is 6.61 Å². The normalized spacial score (nSPS) is 14.7. The number of hydrogen-bond donors (Lipinski definition) is 1. The molecule has 0 saturated heterocycles. The minimum atomic E-state index is -0.592. The number of carbonyl (C=O) groups is 1. The van der Waals surface area contributed by atoms with Gasteiger partial charge in [-0.2, -0.15) is 5.26 Å². The summed E-state index contributed by atoms with van der Waals surface area (Å²) >= 11 is 12.2. The number of ether oxygens (including phenoxy) is 3. The van der Waals surface area contributed by atoms with Gasteiger partial charge in [0, 0.05) is 21.7 Å². The topological polar surface area (TPSA) is 94.6 Å². The number of aryl methyl sites for hydroxylation is 1. The molecule has 0 spiro atoms. The fraction of sp³-hybridized carbons (Fsp3) is 0.120. The Hall–Kier alpha value is -3.66. The average Bonchev–Trinajstić information content (AvgIpc) is 2.79. The van der Waals surface area contributed by atoms with Gasteiger partial charge >= 0.3 is 5.97 Å². The summed E-state index contributed by atoms with van der Waals surface area (Å²) in [5.74, 6) is 0.0854. The summed E-state index contributed by atoms with van der Waals surface area (Å²) in [6.07, 6.45) is 0. The monoisotopic (exact) mass is 480 g/mol. The molecule has 0 aromatic heterocycles. The Labute approximate surface area is 200 Å². The summed E-state index contributed by atoms with van der Waals surface area (Å²) in [7, 11) is 0. The molecule has 8 heteroatoms. The molecule has 6 nitrogen and oxygen atoms in total. The van der Waals surface area contributed by atoms with E-state index in [1.54, 1.807) is 54.6 Å². The van der Waals surface area contributed by atoms with Crippen molar-refractivity contribution in [3.05, 3.63) is 98.9 Å². The maximum atomic E-state index is 12.3. The number of nitrogens with two attached hydrogens (primary N) is 1. The molecule has 0 aliphatic carbocycles. The van der Waals surface area contributed by atoms with Crippen molar-refractivity contribution in [1.82, 2.24) is 0 Å². The van der Waals surface area contributed by atoms with Crippen LogP contribution in [0.5, 0.6) is 17.2 Å². The highest BCUT2D eigenvalue weighted by Crippen LogP contribution is 2.43. The summed E-state index contributed by atoms with van der Waals surface area (Å²) in [6, 6.07) is 19.3. The van der Waals surface area contributed by atoms with Crippen molar-refractivity contribution in [3.63, 3.8) is 0 Å². The van der Waals surface area contributed by atoms with Gasteiger partial charge in [-0.3, -0.25) is 0 Å². The molecule has 0 saturated carbocycles. The number of nitriles is 1. The second kappa shape index (κ2) is 9.45. The van der Waals surface area contributed by atoms with Crippen molar-refractivity contribution in [2.24, 2.45) is 5.73 Å². The lowest BCUT2D eigenvalue weighted by Crippen LogP contribution is -2.21. The van der Waals surface area contributed by atoms with E-state index in [9.17, 15) is 10.1 Å². The van der Waals surface area contributed by atoms with Crippen LogP contribution in [0, 0.1) is 18.3 Å². The van der Waals surface area contributed by atoms with E-state index in [-0.39, 0.29) is 23.8 Å². The molecule has 1 aliphatic heterocycles. The zero-order chi connectivity index (χ0) is 23.5. The summed E-state index contributed by atoms with van der Waals surface area (Å²) in [6.45, 7) is 1.56. The van der Waals surface area contributed by atoms with E-state index in [4.69, 9.17) is 43.1 Å². The van der Waals surface area contributed by atoms with E-state index < -0.39 is 11.9 Å². The molecular weight excluding hydrogens is 463 g/mol. The molecule has 1 unspecified atom stereocenters. The first-order valence-electron chi connectivity index (χ1n) is 9.92. The third-order valence-electron chi connectivity index (χ3n) is 5.09. The van der Waals surface area contributed by atoms with Crippen molar-refractivity contribution in [1.29, 1.82) is 5.26 Å². The largest absolute Gasteiger partial charge is 0.482 e. The minimum Gasteiger partial charge on any atom is -0.482 e. The van der Waals surface area contributed by atoms with E-state index in [0.29, 0.717) is 27.1 Å². The van der Waals surface area contributed by atoms with E-state index in [1.807, 2.05) is 13.0 Å². The van der Waals surface area contributed by atoms with Gasteiger partial charge in [0.05, 0.1) is 5.92 Å². The van der Waals surface area contributed by atoms with Gasteiger partial charge in [-0.05, 0) is 54.4 Å². The number of carbonyl (C=O) groups excluding carboxylic acids is 1. The average molecular weight is 481 g/mol. The standard InChI is InChI=1S/C25H18Cl2N2O4/c1-14-9-17(6-8-21(14)27)31-13-23(30)32-18-5-7-19-22(11-18)33-25(29)20(12-28)24(19)15-3-2-4-16(26)10-15/h2-11,24H,13,29H2,1H3. The summed E-state index contributed by atoms with van der Waals surface area (Å²) in [4.78, 5) is 12.3. The number of halogens is 2. The highest BCUT2D eigenvalue weighted by Gasteiger charge is 2.31. The van der Waals surface area contributed by atoms with Gasteiger partial charge in [0.15, 0.2) is 6.61 Å². The van der Waals surface area contributed by atoms with Crippen LogP contribution in [0.3, 0.4) is 0 Å². The number of esters is 1. The van der Waals surface area contributed by atoms with E-state index >= 15 is 0 Å². The maximum Gasteiger partial charge on any atom is 0.349 e. The summed E-state index contributed by atoms with van der Waals surface area (Å²) < 4.78 is 16.5. The van der Waals surface area contributed by atoms with E-state index in [0.717, 1.165) is 11.1 Å². The number of allylic oxidation sites excluding steroid dienone is 1. The Balaban J connectivity index is 1.53. The molecule has 1 heterocycles. The second-order valence-electron chi connectivity index (χ2n) is 7.35. The Morgan fingerprint density at radius 3 is 2.64 bits per heavy atom. The molecule has 1 atom stereocenters. The molecule has 0 fully saturated rings. The maximum absolute atomic E-state index is 12.3. The smallest absolute Gasteiger partial charge is 0.349 e. The Bertz CT molecular complexity index is 1310. The highest BCUT2D eigenvalue weighted by atomic mass is 35.5. The molecule has 4 rings (SSSR count). The predicted molar refractivity (Wildman–Crippen MR) is 125 cm³/mol. The number of nitrogens with zero attached hydrogens (tertiary/aromatic N) is 1. The molecule has 33 heavy (non-hydrogen) atoms. The van der Waals surface area contributed by atoms with Crippen molar-refractivity contribution < 1.29 is 19.0 Å². The SMILES string of the molecule is Cc1cc(OCC(=O)Oc2ccc3c(c2)OC(N)=C(C#N)C3c2cccc(Cl)c2)ccc1Cl. The van der Waals surface area contributed by atoms with Crippen LogP contribution in [0.1, 0.15) is 22.6 Å². The number of fused-ring (bicyclic) bond motifs is 1. The highest BCUT2D eigenvalue weighted by molar-refractivity contribution is 6.31. The molecule has 1 aliphatic rings. The van der Waals surface area contributed by atoms with Gasteiger partial charge in [0.1, 0.15) is 28.9 Å². The zero-order valence-electron chi connectivity index (χ0n) is 17.5. The third kappa shape index (κ3) is 4.90. The first kappa shape index (κ1) is 22.5. The Morgan fingerprint density at radius 1 is 1.12 bits per heavy atom. The molecule has 0 bridgehead atoms. The van der Waals surface area contributed by atoms with Gasteiger partial charge in [0.2, 0.25) is 5.88 Å². The van der Waals surface area contributed by atoms with Crippen LogP contribution in [0.2, 0.25) is 10.0 Å². The Kier molecular flexibility index (Phi) is 6.45. The first-order valence-corrected chi connectivity index (χ1v) is 10.7. The molecule has 0 radical (unpaired) electrons. The van der Waals surface area contributed by atoms with Crippen molar-refractivity contribution >= 4 is 29.2 Å². The number of benzene rings is 3. The molecule has 166 valence electrons. The first-order chi connectivity index (χ1) is 15.9. The third-order valence-corrected chi connectivity index (χ3v) is 5.75. The van der Waals surface area contributed by atoms with Crippen LogP contribution in [0.4, 0.5) is 0 Å². The summed E-state index contributed by atoms with van der Waals surface area (Å²) in [5.41, 5.74) is 8.64. The predicted octanol–water partition coefficient (Wildman–Crippen LogP) is 5.50. The lowest BCUT2D eigenvalue weighted by Gasteiger charge is -2.26. The van der Waals surface area contributed by atoms with Crippen molar-refractivity contribution in [3.8, 4) is 23.3 Å². The van der Waals surface area contributed by atoms with E-state index in [1.165, 1.54) is 0 Å². The van der Waals surface area contributed by atoms with Crippen LogP contribution in [-0.4, -0.2) is 12.6 Å². The quantitative estimate of drug-likeness (QED) is 0.382. The zero-order valence-corrected chi connectivity index (χ0v) is 19.0. The van der Waals surface area contributed by atoms with Gasteiger partial charge < -0.3 is 19.9 Å².